The lowest BCUT2D eigenvalue weighted by molar-refractivity contribution is -0.196. The molecule has 1 aliphatic rings. The van der Waals surface area contributed by atoms with Crippen molar-refractivity contribution in [3.05, 3.63) is 50.2 Å². The van der Waals surface area contributed by atoms with Gasteiger partial charge < -0.3 is 20.1 Å². The lowest BCUT2D eigenvalue weighted by atomic mass is 9.91. The number of fused-ring (bicyclic) bond motifs is 1. The maximum Gasteiger partial charge on any atom is 0.425 e. The molecule has 1 aliphatic heterocycles. The Hall–Kier alpha value is -3.77. The molecule has 0 saturated carbocycles. The van der Waals surface area contributed by atoms with Crippen molar-refractivity contribution in [2.75, 3.05) is 19.5 Å². The largest absolute Gasteiger partial charge is 0.497 e. The highest BCUT2D eigenvalue weighted by molar-refractivity contribution is 6.09. The van der Waals surface area contributed by atoms with Gasteiger partial charge in [0.1, 0.15) is 22.9 Å². The molecule has 0 spiro atoms. The number of amides is 2. The van der Waals surface area contributed by atoms with Gasteiger partial charge >= 0.3 is 11.9 Å². The van der Waals surface area contributed by atoms with Crippen molar-refractivity contribution < 1.29 is 32.2 Å². The predicted molar refractivity (Wildman–Crippen MR) is 110 cm³/mol. The minimum atomic E-state index is -5.44. The number of carbonyl (C=O) groups excluding carboxylic acids is 2. The van der Waals surface area contributed by atoms with Crippen LogP contribution >= 0.6 is 0 Å². The fraction of sp³-hybridized carbons (Fsp3) is 0.400. The van der Waals surface area contributed by atoms with Gasteiger partial charge in [-0.2, -0.15) is 13.2 Å². The van der Waals surface area contributed by atoms with Gasteiger partial charge in [-0.05, 0) is 18.1 Å². The van der Waals surface area contributed by atoms with Crippen molar-refractivity contribution in [3.8, 4) is 11.5 Å². The summed E-state index contributed by atoms with van der Waals surface area (Å²) >= 11 is 0. The van der Waals surface area contributed by atoms with Crippen molar-refractivity contribution in [2.24, 2.45) is 5.92 Å². The molecule has 178 valence electrons. The zero-order valence-corrected chi connectivity index (χ0v) is 18.0. The first-order chi connectivity index (χ1) is 15.4. The van der Waals surface area contributed by atoms with E-state index in [4.69, 9.17) is 9.47 Å². The van der Waals surface area contributed by atoms with Crippen molar-refractivity contribution in [1.82, 2.24) is 14.9 Å². The molecule has 0 fully saturated rings. The first-order valence-electron chi connectivity index (χ1n) is 9.67. The van der Waals surface area contributed by atoms with E-state index in [-0.39, 0.29) is 29.5 Å². The van der Waals surface area contributed by atoms with Crippen LogP contribution in [0.15, 0.2) is 27.8 Å². The lowest BCUT2D eigenvalue weighted by Gasteiger charge is -2.30. The predicted octanol–water partition coefficient (Wildman–Crippen LogP) is 1.35. The van der Waals surface area contributed by atoms with E-state index < -0.39 is 46.2 Å². The van der Waals surface area contributed by atoms with E-state index in [0.717, 1.165) is 10.6 Å². The Kier molecular flexibility index (Phi) is 6.00. The van der Waals surface area contributed by atoms with Crippen LogP contribution in [-0.4, -0.2) is 41.8 Å². The first kappa shape index (κ1) is 23.9. The fourth-order valence-electron chi connectivity index (χ4n) is 3.59. The van der Waals surface area contributed by atoms with Gasteiger partial charge in [0.15, 0.2) is 0 Å². The third-order valence-corrected chi connectivity index (χ3v) is 5.07. The van der Waals surface area contributed by atoms with Crippen molar-refractivity contribution in [1.29, 1.82) is 0 Å². The second-order valence-corrected chi connectivity index (χ2v) is 7.71. The molecule has 0 saturated heterocycles. The highest BCUT2D eigenvalue weighted by Gasteiger charge is 2.68. The summed E-state index contributed by atoms with van der Waals surface area (Å²) < 4.78 is 54.2. The van der Waals surface area contributed by atoms with Crippen LogP contribution in [0, 0.1) is 5.92 Å². The molecule has 1 aromatic carbocycles. The molecule has 1 aromatic heterocycles. The number of halogens is 3. The lowest BCUT2D eigenvalue weighted by Crippen LogP contribution is -2.62. The van der Waals surface area contributed by atoms with Crippen LogP contribution in [0.25, 0.3) is 0 Å². The number of carbonyl (C=O) groups is 2. The molecular formula is C20H21F3N4O6. The molecule has 13 heteroatoms. The number of alkyl halides is 3. The number of benzene rings is 1. The summed E-state index contributed by atoms with van der Waals surface area (Å²) in [5.74, 6) is -3.75. The van der Waals surface area contributed by atoms with Gasteiger partial charge in [0.25, 0.3) is 22.9 Å². The Morgan fingerprint density at radius 3 is 2.39 bits per heavy atom. The van der Waals surface area contributed by atoms with E-state index in [1.807, 2.05) is 10.3 Å². The molecule has 33 heavy (non-hydrogen) atoms. The van der Waals surface area contributed by atoms with Crippen LogP contribution in [0.1, 0.15) is 29.8 Å². The van der Waals surface area contributed by atoms with Gasteiger partial charge in [0.05, 0.1) is 19.8 Å². The Morgan fingerprint density at radius 1 is 1.18 bits per heavy atom. The van der Waals surface area contributed by atoms with Crippen LogP contribution in [0.5, 0.6) is 11.5 Å². The number of hydrogen-bond acceptors (Lipinski definition) is 6. The number of rotatable bonds is 6. The van der Waals surface area contributed by atoms with Gasteiger partial charge in [-0.3, -0.25) is 23.9 Å². The Morgan fingerprint density at radius 2 is 1.85 bits per heavy atom. The van der Waals surface area contributed by atoms with E-state index in [1.165, 1.54) is 26.4 Å². The molecule has 10 nitrogen and oxygen atoms in total. The summed E-state index contributed by atoms with van der Waals surface area (Å²) in [6.07, 6.45) is -5.44. The number of hydrogen-bond donors (Lipinski definition) is 3. The van der Waals surface area contributed by atoms with Crippen LogP contribution in [0.3, 0.4) is 0 Å². The number of nitrogens with zero attached hydrogens (tertiary/aromatic N) is 1. The van der Waals surface area contributed by atoms with E-state index >= 15 is 0 Å². The summed E-state index contributed by atoms with van der Waals surface area (Å²) in [5.41, 5.74) is -7.65. The monoisotopic (exact) mass is 470 g/mol. The standard InChI is InChI=1S/C20H21F3N4O6/c1-9(2)8-27-14-13(16(29)25-18(27)31)19(17(30)24-14,20(21,22)23)26-15(28)11-6-5-10(32-3)7-12(11)33-4/h5-7,9H,8H2,1-4H3,(H,24,30)(H,26,28)(H,25,29,31)/t19-/m1/s1. The average Bonchev–Trinajstić information content (AvgIpc) is 3.03. The number of ether oxygens (including phenoxy) is 2. The quantitative estimate of drug-likeness (QED) is 0.584. The molecule has 0 bridgehead atoms. The van der Waals surface area contributed by atoms with E-state index in [2.05, 4.69) is 0 Å². The number of aromatic amines is 1. The molecule has 1 atom stereocenters. The number of nitrogens with one attached hydrogen (secondary N) is 3. The highest BCUT2D eigenvalue weighted by Crippen LogP contribution is 2.45. The van der Waals surface area contributed by atoms with Crippen LogP contribution in [0.2, 0.25) is 0 Å². The summed E-state index contributed by atoms with van der Waals surface area (Å²) in [7, 11) is 2.54. The van der Waals surface area contributed by atoms with Gasteiger partial charge in [0.2, 0.25) is 0 Å². The maximum absolute atomic E-state index is 14.4. The number of aromatic nitrogens is 2. The third kappa shape index (κ3) is 3.83. The minimum absolute atomic E-state index is 0.0909. The second-order valence-electron chi connectivity index (χ2n) is 7.71. The Labute approximate surface area is 184 Å². The van der Waals surface area contributed by atoms with Crippen LogP contribution < -0.4 is 31.4 Å². The highest BCUT2D eigenvalue weighted by atomic mass is 19.4. The SMILES string of the molecule is COc1ccc(C(=O)N[C@@]2(C(F)(F)F)C(=O)Nc3c2c(=O)[nH]c(=O)n3CC(C)C)c(OC)c1. The molecule has 0 unspecified atom stereocenters. The minimum Gasteiger partial charge on any atom is -0.497 e. The smallest absolute Gasteiger partial charge is 0.425 e. The molecular weight excluding hydrogens is 449 g/mol. The van der Waals surface area contributed by atoms with Crippen molar-refractivity contribution >= 4 is 17.6 Å². The van der Waals surface area contributed by atoms with E-state index in [9.17, 15) is 32.3 Å². The normalized spacial score (nSPS) is 17.5. The zero-order chi connectivity index (χ0) is 24.7. The second kappa shape index (κ2) is 8.30. The molecule has 3 rings (SSSR count). The topological polar surface area (TPSA) is 132 Å². The molecule has 0 radical (unpaired) electrons. The Balaban J connectivity index is 2.23. The first-order valence-corrected chi connectivity index (χ1v) is 9.67. The summed E-state index contributed by atoms with van der Waals surface area (Å²) in [5, 5.41) is 3.65. The fourth-order valence-corrected chi connectivity index (χ4v) is 3.59. The van der Waals surface area contributed by atoms with Crippen molar-refractivity contribution in [2.45, 2.75) is 32.1 Å². The van der Waals surface area contributed by atoms with Gasteiger partial charge in [-0.25, -0.2) is 4.79 Å². The average molecular weight is 470 g/mol. The van der Waals surface area contributed by atoms with E-state index in [1.54, 1.807) is 19.2 Å². The zero-order valence-electron chi connectivity index (χ0n) is 18.0. The van der Waals surface area contributed by atoms with Gasteiger partial charge in [0, 0.05) is 12.6 Å². The summed E-state index contributed by atoms with van der Waals surface area (Å²) in [6, 6.07) is 3.73. The molecule has 0 aliphatic carbocycles. The third-order valence-electron chi connectivity index (χ3n) is 5.07. The summed E-state index contributed by atoms with van der Waals surface area (Å²) in [6.45, 7) is 3.29. The summed E-state index contributed by atoms with van der Waals surface area (Å²) in [4.78, 5) is 52.3. The molecule has 2 heterocycles. The van der Waals surface area contributed by atoms with Crippen LogP contribution in [-0.2, 0) is 16.9 Å². The molecule has 3 N–H and O–H groups in total. The van der Waals surface area contributed by atoms with Gasteiger partial charge in [-0.1, -0.05) is 13.8 Å². The van der Waals surface area contributed by atoms with Crippen LogP contribution in [0.4, 0.5) is 19.0 Å². The molecule has 2 aromatic rings. The van der Waals surface area contributed by atoms with Gasteiger partial charge in [-0.15, -0.1) is 0 Å². The van der Waals surface area contributed by atoms with E-state index in [0.29, 0.717) is 0 Å². The Bertz CT molecular complexity index is 1230. The number of anilines is 1. The number of methoxy groups -OCH3 is 2. The molecule has 2 amide bonds. The maximum atomic E-state index is 14.4. The number of H-pyrrole nitrogens is 1. The van der Waals surface area contributed by atoms with Crippen molar-refractivity contribution in [3.63, 3.8) is 0 Å².